The van der Waals surface area contributed by atoms with Crippen LogP contribution in [0.2, 0.25) is 0 Å². The highest BCUT2D eigenvalue weighted by Crippen LogP contribution is 2.23. The molecule has 1 aromatic rings. The van der Waals surface area contributed by atoms with Crippen molar-refractivity contribution in [3.63, 3.8) is 0 Å². The fourth-order valence-electron chi connectivity index (χ4n) is 2.34. The van der Waals surface area contributed by atoms with Gasteiger partial charge in [0.15, 0.2) is 5.69 Å². The van der Waals surface area contributed by atoms with Crippen LogP contribution in [-0.2, 0) is 0 Å². The summed E-state index contributed by atoms with van der Waals surface area (Å²) in [5.74, 6) is 1.71. The predicted molar refractivity (Wildman–Crippen MR) is 70.2 cm³/mol. The van der Waals surface area contributed by atoms with Crippen LogP contribution in [-0.4, -0.2) is 36.6 Å². The first-order valence-electron chi connectivity index (χ1n) is 6.45. The average Bonchev–Trinajstić information content (AvgIpc) is 2.46. The number of nitriles is 1. The lowest BCUT2D eigenvalue weighted by atomic mass is 9.93. The third kappa shape index (κ3) is 3.17. The molecule has 0 radical (unpaired) electrons. The maximum Gasteiger partial charge on any atom is 0.158 e. The second kappa shape index (κ2) is 6.31. The van der Waals surface area contributed by atoms with Crippen molar-refractivity contribution in [2.24, 2.45) is 5.92 Å². The third-order valence-corrected chi connectivity index (χ3v) is 3.49. The molecule has 1 fully saturated rings. The van der Waals surface area contributed by atoms with E-state index in [-0.39, 0.29) is 0 Å². The summed E-state index contributed by atoms with van der Waals surface area (Å²) in [4.78, 5) is 10.6. The number of hydrogen-bond donors (Lipinski definition) is 1. The van der Waals surface area contributed by atoms with Crippen LogP contribution < -0.4 is 10.2 Å². The quantitative estimate of drug-likeness (QED) is 0.862. The van der Waals surface area contributed by atoms with Crippen LogP contribution in [0.4, 0.5) is 5.82 Å². The van der Waals surface area contributed by atoms with Crippen molar-refractivity contribution >= 4 is 5.82 Å². The van der Waals surface area contributed by atoms with E-state index in [9.17, 15) is 0 Å². The van der Waals surface area contributed by atoms with Crippen molar-refractivity contribution < 1.29 is 0 Å². The van der Waals surface area contributed by atoms with Gasteiger partial charge in [0.1, 0.15) is 11.9 Å². The zero-order chi connectivity index (χ0) is 12.8. The first-order chi connectivity index (χ1) is 8.83. The molecule has 0 amide bonds. The molecule has 0 saturated carbocycles. The molecule has 0 aliphatic carbocycles. The Morgan fingerprint density at radius 1 is 1.39 bits per heavy atom. The summed E-state index contributed by atoms with van der Waals surface area (Å²) in [7, 11) is 2.00. The lowest BCUT2D eigenvalue weighted by molar-refractivity contribution is 0.377. The van der Waals surface area contributed by atoms with Gasteiger partial charge in [0, 0.05) is 13.1 Å². The van der Waals surface area contributed by atoms with E-state index in [4.69, 9.17) is 5.26 Å². The molecule has 1 aliphatic rings. The second-order valence-electron chi connectivity index (χ2n) is 4.69. The SMILES string of the molecule is CNCCC1CCN(c2cnc(C#N)cn2)CC1. The minimum atomic E-state index is 0.377. The van der Waals surface area contributed by atoms with Gasteiger partial charge in [0.05, 0.1) is 12.4 Å². The molecule has 0 aromatic carbocycles. The number of hydrogen-bond acceptors (Lipinski definition) is 5. The second-order valence-corrected chi connectivity index (χ2v) is 4.69. The molecular formula is C13H19N5. The number of nitrogens with one attached hydrogen (secondary N) is 1. The van der Waals surface area contributed by atoms with Crippen LogP contribution in [0.3, 0.4) is 0 Å². The van der Waals surface area contributed by atoms with Gasteiger partial charge in [-0.3, -0.25) is 0 Å². The molecule has 2 heterocycles. The highest BCUT2D eigenvalue weighted by Gasteiger charge is 2.19. The molecule has 0 atom stereocenters. The van der Waals surface area contributed by atoms with E-state index in [2.05, 4.69) is 20.2 Å². The van der Waals surface area contributed by atoms with E-state index in [0.29, 0.717) is 5.69 Å². The van der Waals surface area contributed by atoms with Crippen molar-refractivity contribution in [1.29, 1.82) is 5.26 Å². The molecule has 1 saturated heterocycles. The van der Waals surface area contributed by atoms with E-state index in [0.717, 1.165) is 31.4 Å². The largest absolute Gasteiger partial charge is 0.355 e. The lowest BCUT2D eigenvalue weighted by Crippen LogP contribution is -2.35. The summed E-state index contributed by atoms with van der Waals surface area (Å²) in [6.07, 6.45) is 6.92. The number of nitrogens with zero attached hydrogens (tertiary/aromatic N) is 4. The van der Waals surface area contributed by atoms with Crippen LogP contribution >= 0.6 is 0 Å². The van der Waals surface area contributed by atoms with Crippen LogP contribution in [0.25, 0.3) is 0 Å². The van der Waals surface area contributed by atoms with Gasteiger partial charge in [0.25, 0.3) is 0 Å². The Morgan fingerprint density at radius 3 is 2.72 bits per heavy atom. The van der Waals surface area contributed by atoms with E-state index in [1.807, 2.05) is 13.1 Å². The van der Waals surface area contributed by atoms with Crippen LogP contribution in [0, 0.1) is 17.2 Å². The highest BCUT2D eigenvalue weighted by molar-refractivity contribution is 5.37. The Labute approximate surface area is 108 Å². The zero-order valence-electron chi connectivity index (χ0n) is 10.8. The van der Waals surface area contributed by atoms with Crippen molar-refractivity contribution in [2.75, 3.05) is 31.6 Å². The molecule has 5 heteroatoms. The van der Waals surface area contributed by atoms with Gasteiger partial charge in [-0.15, -0.1) is 0 Å². The molecule has 1 aromatic heterocycles. The van der Waals surface area contributed by atoms with Crippen molar-refractivity contribution in [3.05, 3.63) is 18.1 Å². The fourth-order valence-corrected chi connectivity index (χ4v) is 2.34. The fraction of sp³-hybridized carbons (Fsp3) is 0.615. The Kier molecular flexibility index (Phi) is 4.48. The van der Waals surface area contributed by atoms with Gasteiger partial charge in [-0.1, -0.05) is 0 Å². The topological polar surface area (TPSA) is 64.8 Å². The molecule has 18 heavy (non-hydrogen) atoms. The summed E-state index contributed by atoms with van der Waals surface area (Å²) >= 11 is 0. The normalized spacial score (nSPS) is 16.6. The first-order valence-corrected chi connectivity index (χ1v) is 6.45. The Hall–Kier alpha value is -1.67. The minimum absolute atomic E-state index is 0.377. The minimum Gasteiger partial charge on any atom is -0.355 e. The molecule has 2 rings (SSSR count). The molecule has 1 N–H and O–H groups in total. The Balaban J connectivity index is 1.87. The maximum atomic E-state index is 8.68. The van der Waals surface area contributed by atoms with Gasteiger partial charge in [0.2, 0.25) is 0 Å². The Morgan fingerprint density at radius 2 is 2.17 bits per heavy atom. The number of piperidine rings is 1. The van der Waals surface area contributed by atoms with E-state index in [1.54, 1.807) is 12.4 Å². The van der Waals surface area contributed by atoms with E-state index < -0.39 is 0 Å². The molecular weight excluding hydrogens is 226 g/mol. The van der Waals surface area contributed by atoms with E-state index >= 15 is 0 Å². The molecule has 0 spiro atoms. The van der Waals surface area contributed by atoms with Crippen molar-refractivity contribution in [2.45, 2.75) is 19.3 Å². The summed E-state index contributed by atoms with van der Waals surface area (Å²) in [5.41, 5.74) is 0.377. The number of anilines is 1. The van der Waals surface area contributed by atoms with Crippen molar-refractivity contribution in [3.8, 4) is 6.07 Å². The van der Waals surface area contributed by atoms with Gasteiger partial charge in [-0.05, 0) is 38.8 Å². The van der Waals surface area contributed by atoms with Gasteiger partial charge in [-0.25, -0.2) is 9.97 Å². The molecule has 5 nitrogen and oxygen atoms in total. The zero-order valence-corrected chi connectivity index (χ0v) is 10.8. The number of aromatic nitrogens is 2. The maximum absolute atomic E-state index is 8.68. The third-order valence-electron chi connectivity index (χ3n) is 3.49. The summed E-state index contributed by atoms with van der Waals surface area (Å²) in [5, 5.41) is 11.9. The standard InChI is InChI=1S/C13H19N5/c1-15-5-2-11-3-6-18(7-4-11)13-10-16-12(8-14)9-17-13/h9-11,15H,2-7H2,1H3. The van der Waals surface area contributed by atoms with Gasteiger partial charge >= 0.3 is 0 Å². The van der Waals surface area contributed by atoms with Gasteiger partial charge in [-0.2, -0.15) is 5.26 Å². The van der Waals surface area contributed by atoms with Crippen molar-refractivity contribution in [1.82, 2.24) is 15.3 Å². The highest BCUT2D eigenvalue weighted by atomic mass is 15.2. The van der Waals surface area contributed by atoms with Crippen LogP contribution in [0.15, 0.2) is 12.4 Å². The summed E-state index contributed by atoms with van der Waals surface area (Å²) in [6.45, 7) is 3.17. The first kappa shape index (κ1) is 12.8. The summed E-state index contributed by atoms with van der Waals surface area (Å²) in [6, 6.07) is 1.99. The Bertz CT molecular complexity index is 400. The molecule has 1 aliphatic heterocycles. The molecule has 0 unspecified atom stereocenters. The smallest absolute Gasteiger partial charge is 0.158 e. The summed E-state index contributed by atoms with van der Waals surface area (Å²) < 4.78 is 0. The van der Waals surface area contributed by atoms with E-state index in [1.165, 1.54) is 19.3 Å². The lowest BCUT2D eigenvalue weighted by Gasteiger charge is -2.32. The van der Waals surface area contributed by atoms with Crippen LogP contribution in [0.1, 0.15) is 25.0 Å². The predicted octanol–water partition coefficient (Wildman–Crippen LogP) is 1.17. The van der Waals surface area contributed by atoms with Crippen LogP contribution in [0.5, 0.6) is 0 Å². The molecule has 0 bridgehead atoms. The van der Waals surface area contributed by atoms with Gasteiger partial charge < -0.3 is 10.2 Å². The molecule has 96 valence electrons. The number of rotatable bonds is 4. The monoisotopic (exact) mass is 245 g/mol. The average molecular weight is 245 g/mol.